The molecule has 1 aromatic heterocycles. The summed E-state index contributed by atoms with van der Waals surface area (Å²) in [5.41, 5.74) is 0.825. The van der Waals surface area contributed by atoms with Crippen molar-refractivity contribution in [1.82, 2.24) is 4.98 Å². The molecule has 0 unspecified atom stereocenters. The zero-order chi connectivity index (χ0) is 13.0. The zero-order valence-electron chi connectivity index (χ0n) is 9.22. The molecule has 4 heteroatoms. The Bertz CT molecular complexity index is 642. The van der Waals surface area contributed by atoms with Gasteiger partial charge in [-0.05, 0) is 30.3 Å². The molecular formula is C14H8FNO2. The Labute approximate surface area is 103 Å². The van der Waals surface area contributed by atoms with Crippen LogP contribution in [0.3, 0.4) is 0 Å². The Kier molecular flexibility index (Phi) is 3.35. The largest absolute Gasteiger partial charge is 0.478 e. The lowest BCUT2D eigenvalue weighted by molar-refractivity contribution is 0.0692. The van der Waals surface area contributed by atoms with E-state index in [1.54, 1.807) is 24.5 Å². The number of carboxylic acid groups (broad SMARTS) is 1. The lowest BCUT2D eigenvalue weighted by atomic mass is 10.1. The van der Waals surface area contributed by atoms with E-state index in [-0.39, 0.29) is 5.56 Å². The van der Waals surface area contributed by atoms with Gasteiger partial charge in [-0.25, -0.2) is 9.18 Å². The van der Waals surface area contributed by atoms with Gasteiger partial charge in [0.2, 0.25) is 0 Å². The summed E-state index contributed by atoms with van der Waals surface area (Å²) in [7, 11) is 0. The summed E-state index contributed by atoms with van der Waals surface area (Å²) in [6, 6.07) is 7.25. The molecular weight excluding hydrogens is 233 g/mol. The summed E-state index contributed by atoms with van der Waals surface area (Å²) in [6.45, 7) is 0. The van der Waals surface area contributed by atoms with Crippen LogP contribution < -0.4 is 0 Å². The summed E-state index contributed by atoms with van der Waals surface area (Å²) in [6.07, 6.45) is 3.22. The van der Waals surface area contributed by atoms with Crippen LogP contribution in [0.1, 0.15) is 21.5 Å². The minimum atomic E-state index is -1.29. The molecule has 0 aliphatic rings. The molecule has 0 atom stereocenters. The molecule has 0 bridgehead atoms. The van der Waals surface area contributed by atoms with Crippen LogP contribution in [0.5, 0.6) is 0 Å². The van der Waals surface area contributed by atoms with Gasteiger partial charge in [-0.15, -0.1) is 0 Å². The lowest BCUT2D eigenvalue weighted by Gasteiger charge is -1.97. The molecule has 2 aromatic rings. The number of carbonyl (C=O) groups is 1. The van der Waals surface area contributed by atoms with Crippen LogP contribution in [0.25, 0.3) is 0 Å². The summed E-state index contributed by atoms with van der Waals surface area (Å²) in [5.74, 6) is 3.51. The average Bonchev–Trinajstić information content (AvgIpc) is 2.37. The molecule has 0 spiro atoms. The standard InChI is InChI=1S/C14H8FNO2/c15-13-9-11(3-4-12(13)14(17)18)2-1-10-5-7-16-8-6-10/h3-9H,(H,17,18). The van der Waals surface area contributed by atoms with Gasteiger partial charge in [-0.2, -0.15) is 0 Å². The van der Waals surface area contributed by atoms with Crippen molar-refractivity contribution in [3.63, 3.8) is 0 Å². The van der Waals surface area contributed by atoms with Gasteiger partial charge in [0.25, 0.3) is 0 Å². The van der Waals surface area contributed by atoms with Crippen molar-refractivity contribution in [2.75, 3.05) is 0 Å². The van der Waals surface area contributed by atoms with E-state index in [0.717, 1.165) is 11.6 Å². The normalized spacial score (nSPS) is 9.39. The van der Waals surface area contributed by atoms with Crippen LogP contribution in [0.4, 0.5) is 4.39 Å². The molecule has 0 saturated heterocycles. The van der Waals surface area contributed by atoms with E-state index in [4.69, 9.17) is 5.11 Å². The Hall–Kier alpha value is -2.67. The minimum absolute atomic E-state index is 0.357. The Balaban J connectivity index is 2.29. The van der Waals surface area contributed by atoms with E-state index in [0.29, 0.717) is 5.56 Å². The number of halogens is 1. The first-order valence-electron chi connectivity index (χ1n) is 5.12. The topological polar surface area (TPSA) is 50.2 Å². The second-order valence-corrected chi connectivity index (χ2v) is 3.49. The average molecular weight is 241 g/mol. The Morgan fingerprint density at radius 1 is 1.11 bits per heavy atom. The highest BCUT2D eigenvalue weighted by molar-refractivity contribution is 5.88. The molecule has 88 valence electrons. The number of benzene rings is 1. The molecule has 1 heterocycles. The van der Waals surface area contributed by atoms with Crippen LogP contribution in [0.15, 0.2) is 42.7 Å². The number of hydrogen-bond donors (Lipinski definition) is 1. The molecule has 18 heavy (non-hydrogen) atoms. The van der Waals surface area contributed by atoms with E-state index in [1.165, 1.54) is 12.1 Å². The summed E-state index contributed by atoms with van der Waals surface area (Å²) in [4.78, 5) is 14.5. The van der Waals surface area contributed by atoms with Gasteiger partial charge in [0, 0.05) is 23.5 Å². The number of hydrogen-bond acceptors (Lipinski definition) is 2. The maximum Gasteiger partial charge on any atom is 0.338 e. The van der Waals surface area contributed by atoms with Crippen LogP contribution in [-0.2, 0) is 0 Å². The number of carboxylic acids is 1. The molecule has 0 radical (unpaired) electrons. The van der Waals surface area contributed by atoms with Crippen molar-refractivity contribution in [3.8, 4) is 11.8 Å². The molecule has 3 nitrogen and oxygen atoms in total. The van der Waals surface area contributed by atoms with Crippen LogP contribution in [0, 0.1) is 17.7 Å². The molecule has 1 N–H and O–H groups in total. The van der Waals surface area contributed by atoms with Gasteiger partial charge in [-0.3, -0.25) is 4.98 Å². The summed E-state index contributed by atoms with van der Waals surface area (Å²) >= 11 is 0. The molecule has 0 saturated carbocycles. The monoisotopic (exact) mass is 241 g/mol. The quantitative estimate of drug-likeness (QED) is 0.779. The fourth-order valence-corrected chi connectivity index (χ4v) is 1.35. The van der Waals surface area contributed by atoms with Gasteiger partial charge >= 0.3 is 5.97 Å². The predicted octanol–water partition coefficient (Wildman–Crippen LogP) is 2.32. The molecule has 0 aliphatic carbocycles. The number of nitrogens with zero attached hydrogens (tertiary/aromatic N) is 1. The molecule has 1 aromatic carbocycles. The Morgan fingerprint density at radius 2 is 1.78 bits per heavy atom. The third-order valence-corrected chi connectivity index (χ3v) is 2.23. The number of aromatic carboxylic acids is 1. The summed E-state index contributed by atoms with van der Waals surface area (Å²) < 4.78 is 13.4. The predicted molar refractivity (Wildman–Crippen MR) is 63.6 cm³/mol. The van der Waals surface area contributed by atoms with Crippen molar-refractivity contribution in [1.29, 1.82) is 0 Å². The molecule has 0 fully saturated rings. The summed E-state index contributed by atoms with van der Waals surface area (Å²) in [5, 5.41) is 8.68. The fourth-order valence-electron chi connectivity index (χ4n) is 1.35. The highest BCUT2D eigenvalue weighted by Crippen LogP contribution is 2.09. The lowest BCUT2D eigenvalue weighted by Crippen LogP contribution is -2.00. The molecule has 0 aliphatic heterocycles. The highest BCUT2D eigenvalue weighted by Gasteiger charge is 2.09. The third kappa shape index (κ3) is 2.71. The number of pyridine rings is 1. The second-order valence-electron chi connectivity index (χ2n) is 3.49. The SMILES string of the molecule is O=C(O)c1ccc(C#Cc2ccncc2)cc1F. The van der Waals surface area contributed by atoms with Gasteiger partial charge in [-0.1, -0.05) is 11.8 Å². The molecule has 0 amide bonds. The van der Waals surface area contributed by atoms with E-state index >= 15 is 0 Å². The van der Waals surface area contributed by atoms with Crippen molar-refractivity contribution >= 4 is 5.97 Å². The van der Waals surface area contributed by atoms with Crippen molar-refractivity contribution in [3.05, 3.63) is 65.2 Å². The third-order valence-electron chi connectivity index (χ3n) is 2.23. The smallest absolute Gasteiger partial charge is 0.338 e. The maximum atomic E-state index is 13.4. The van der Waals surface area contributed by atoms with Gasteiger partial charge in [0.05, 0.1) is 5.56 Å². The van der Waals surface area contributed by atoms with Gasteiger partial charge in [0.1, 0.15) is 5.82 Å². The second kappa shape index (κ2) is 5.11. The van der Waals surface area contributed by atoms with Crippen LogP contribution in [-0.4, -0.2) is 16.1 Å². The van der Waals surface area contributed by atoms with Crippen molar-refractivity contribution in [2.45, 2.75) is 0 Å². The minimum Gasteiger partial charge on any atom is -0.478 e. The Morgan fingerprint density at radius 3 is 2.39 bits per heavy atom. The van der Waals surface area contributed by atoms with Crippen LogP contribution >= 0.6 is 0 Å². The highest BCUT2D eigenvalue weighted by atomic mass is 19.1. The van der Waals surface area contributed by atoms with Gasteiger partial charge < -0.3 is 5.11 Å². The fraction of sp³-hybridized carbons (Fsp3) is 0. The maximum absolute atomic E-state index is 13.4. The first kappa shape index (κ1) is 11.8. The van der Waals surface area contributed by atoms with E-state index in [1.807, 2.05) is 0 Å². The molecule has 2 rings (SSSR count). The zero-order valence-corrected chi connectivity index (χ0v) is 9.22. The van der Waals surface area contributed by atoms with Gasteiger partial charge in [0.15, 0.2) is 0 Å². The van der Waals surface area contributed by atoms with Crippen molar-refractivity contribution in [2.24, 2.45) is 0 Å². The number of aromatic nitrogens is 1. The van der Waals surface area contributed by atoms with E-state index < -0.39 is 11.8 Å². The first-order chi connectivity index (χ1) is 8.66. The van der Waals surface area contributed by atoms with E-state index in [9.17, 15) is 9.18 Å². The number of rotatable bonds is 1. The first-order valence-corrected chi connectivity index (χ1v) is 5.12. The van der Waals surface area contributed by atoms with Crippen molar-refractivity contribution < 1.29 is 14.3 Å². The van der Waals surface area contributed by atoms with E-state index in [2.05, 4.69) is 16.8 Å². The van der Waals surface area contributed by atoms with Crippen LogP contribution in [0.2, 0.25) is 0 Å².